The predicted octanol–water partition coefficient (Wildman–Crippen LogP) is 9.29. The Bertz CT molecular complexity index is 879. The van der Waals surface area contributed by atoms with Gasteiger partial charge in [-0.15, -0.1) is 0 Å². The third-order valence-electron chi connectivity index (χ3n) is 8.65. The number of rotatable bonds is 13. The molecule has 0 saturated heterocycles. The second-order valence-electron chi connectivity index (χ2n) is 13.8. The summed E-state index contributed by atoms with van der Waals surface area (Å²) in [6.07, 6.45) is 9.69. The molecule has 0 radical (unpaired) electrons. The maximum Gasteiger partial charge on any atom is 0.338 e. The molecule has 1 unspecified atom stereocenters. The van der Waals surface area contributed by atoms with Gasteiger partial charge in [-0.05, 0) is 79.3 Å². The molecule has 37 heavy (non-hydrogen) atoms. The molecule has 1 aromatic rings. The average molecular weight is 547 g/mol. The molecule has 2 atom stereocenters. The molecular formula is C31H54O4Si2. The molecule has 1 aromatic carbocycles. The summed E-state index contributed by atoms with van der Waals surface area (Å²) in [5, 5.41) is 0.418. The van der Waals surface area contributed by atoms with Gasteiger partial charge in [0.15, 0.2) is 16.6 Å². The van der Waals surface area contributed by atoms with Crippen LogP contribution in [0.25, 0.3) is 0 Å². The van der Waals surface area contributed by atoms with Crippen molar-refractivity contribution in [3.63, 3.8) is 0 Å². The Morgan fingerprint density at radius 1 is 0.838 bits per heavy atom. The molecule has 1 aliphatic carbocycles. The van der Waals surface area contributed by atoms with E-state index in [-0.39, 0.29) is 28.3 Å². The van der Waals surface area contributed by atoms with E-state index in [0.717, 1.165) is 32.3 Å². The molecule has 0 aliphatic heterocycles. The first kappa shape index (κ1) is 32.0. The number of ether oxygens (including phenoxy) is 1. The van der Waals surface area contributed by atoms with E-state index in [9.17, 15) is 4.79 Å². The molecule has 0 fully saturated rings. The van der Waals surface area contributed by atoms with Gasteiger partial charge in [0.25, 0.3) is 0 Å². The number of carbonyl (C=O) groups excluding carboxylic acids is 1. The summed E-state index contributed by atoms with van der Waals surface area (Å²) >= 11 is 0. The topological polar surface area (TPSA) is 44.8 Å². The smallest absolute Gasteiger partial charge is 0.338 e. The summed E-state index contributed by atoms with van der Waals surface area (Å²) < 4.78 is 19.0. The van der Waals surface area contributed by atoms with Crippen LogP contribution in [-0.2, 0) is 13.6 Å². The van der Waals surface area contributed by atoms with E-state index >= 15 is 0 Å². The van der Waals surface area contributed by atoms with Crippen molar-refractivity contribution in [3.05, 3.63) is 47.5 Å². The molecular weight excluding hydrogens is 493 g/mol. The first-order chi connectivity index (χ1) is 17.0. The first-order valence-corrected chi connectivity index (χ1v) is 20.1. The second-order valence-corrected chi connectivity index (χ2v) is 23.3. The van der Waals surface area contributed by atoms with Gasteiger partial charge in [0.2, 0.25) is 0 Å². The van der Waals surface area contributed by atoms with Crippen LogP contribution in [0, 0.1) is 0 Å². The minimum absolute atomic E-state index is 0.0486. The molecule has 6 heteroatoms. The van der Waals surface area contributed by atoms with Crippen molar-refractivity contribution in [2.45, 2.75) is 135 Å². The molecule has 0 aromatic heterocycles. The Kier molecular flexibility index (Phi) is 11.4. The highest BCUT2D eigenvalue weighted by molar-refractivity contribution is 6.74. The highest BCUT2D eigenvalue weighted by Gasteiger charge is 2.42. The number of carbonyl (C=O) groups is 1. The van der Waals surface area contributed by atoms with Gasteiger partial charge < -0.3 is 13.6 Å². The quantitative estimate of drug-likeness (QED) is 0.107. The molecule has 0 bridgehead atoms. The first-order valence-electron chi connectivity index (χ1n) is 14.3. The highest BCUT2D eigenvalue weighted by Crippen LogP contribution is 2.41. The van der Waals surface area contributed by atoms with Gasteiger partial charge in [0.05, 0.1) is 11.7 Å². The van der Waals surface area contributed by atoms with E-state index in [1.807, 2.05) is 30.3 Å². The maximum absolute atomic E-state index is 12.7. The van der Waals surface area contributed by atoms with E-state index in [1.54, 1.807) is 0 Å². The van der Waals surface area contributed by atoms with Crippen LogP contribution in [0.3, 0.4) is 0 Å². The van der Waals surface area contributed by atoms with E-state index in [0.29, 0.717) is 5.56 Å². The van der Waals surface area contributed by atoms with Crippen LogP contribution in [0.5, 0.6) is 0 Å². The van der Waals surface area contributed by atoms with Crippen LogP contribution in [0.2, 0.25) is 36.3 Å². The predicted molar refractivity (Wildman–Crippen MR) is 161 cm³/mol. The zero-order valence-electron chi connectivity index (χ0n) is 25.4. The average Bonchev–Trinajstić information content (AvgIpc) is 3.14. The molecule has 4 nitrogen and oxygen atoms in total. The summed E-state index contributed by atoms with van der Waals surface area (Å²) in [5.41, 5.74) is 1.92. The monoisotopic (exact) mass is 546 g/mol. The number of hydrogen-bond donors (Lipinski definition) is 0. The molecule has 210 valence electrons. The number of benzene rings is 1. The summed E-state index contributed by atoms with van der Waals surface area (Å²) in [4.78, 5) is 12.7. The summed E-state index contributed by atoms with van der Waals surface area (Å²) in [6, 6.07) is 9.27. The highest BCUT2D eigenvalue weighted by atomic mass is 28.4. The summed E-state index contributed by atoms with van der Waals surface area (Å²) in [5.74, 6) is -0.255. The standard InChI is InChI=1S/C31H54O4Si2/c1-30(2,3)36(7,8)33-22-18-13-11-12-15-21-26-23-27(34-29(32)25-19-16-14-17-20-25)24-28(26)35-37(9,10)31(4,5)6/h14,16-17,19-20,23,27-28H,11-13,15,18,21-22,24H2,1-10H3/t27-,28?/m1/s1. The normalized spacial score (nSPS) is 19.1. The van der Waals surface area contributed by atoms with Crippen molar-refractivity contribution in [2.24, 2.45) is 0 Å². The Morgan fingerprint density at radius 3 is 2.00 bits per heavy atom. The zero-order chi connectivity index (χ0) is 27.9. The summed E-state index contributed by atoms with van der Waals surface area (Å²) in [7, 11) is -3.57. The molecule has 2 rings (SSSR count). The second kappa shape index (κ2) is 13.2. The van der Waals surface area contributed by atoms with Crippen LogP contribution >= 0.6 is 0 Å². The molecule has 0 heterocycles. The lowest BCUT2D eigenvalue weighted by molar-refractivity contribution is 0.0351. The van der Waals surface area contributed by atoms with Crippen LogP contribution in [0.15, 0.2) is 42.0 Å². The van der Waals surface area contributed by atoms with Crippen molar-refractivity contribution in [1.29, 1.82) is 0 Å². The van der Waals surface area contributed by atoms with E-state index < -0.39 is 16.6 Å². The Hall–Kier alpha value is -1.22. The third kappa shape index (κ3) is 9.79. The Balaban J connectivity index is 1.87. The van der Waals surface area contributed by atoms with Crippen molar-refractivity contribution >= 4 is 22.6 Å². The molecule has 0 saturated carbocycles. The molecule has 0 N–H and O–H groups in total. The minimum Gasteiger partial charge on any atom is -0.454 e. The fraction of sp³-hybridized carbons (Fsp3) is 0.710. The van der Waals surface area contributed by atoms with Crippen molar-refractivity contribution in [3.8, 4) is 0 Å². The summed E-state index contributed by atoms with van der Waals surface area (Å²) in [6.45, 7) is 23.9. The van der Waals surface area contributed by atoms with Crippen LogP contribution in [0.4, 0.5) is 0 Å². The molecule has 1 aliphatic rings. The molecule has 0 spiro atoms. The third-order valence-corrected chi connectivity index (χ3v) is 17.7. The van der Waals surface area contributed by atoms with Gasteiger partial charge in [-0.3, -0.25) is 0 Å². The lowest BCUT2D eigenvalue weighted by atomic mass is 10.0. The lowest BCUT2D eigenvalue weighted by Crippen LogP contribution is -2.44. The fourth-order valence-corrected chi connectivity index (χ4v) is 6.44. The fourth-order valence-electron chi connectivity index (χ4n) is 4.04. The number of esters is 1. The van der Waals surface area contributed by atoms with Gasteiger partial charge in [-0.25, -0.2) is 4.79 Å². The largest absolute Gasteiger partial charge is 0.454 e. The van der Waals surface area contributed by atoms with Gasteiger partial charge in [-0.1, -0.05) is 79.0 Å². The lowest BCUT2D eigenvalue weighted by Gasteiger charge is -2.39. The number of unbranched alkanes of at least 4 members (excludes halogenated alkanes) is 4. The van der Waals surface area contributed by atoms with Crippen molar-refractivity contribution in [1.82, 2.24) is 0 Å². The zero-order valence-corrected chi connectivity index (χ0v) is 27.4. The maximum atomic E-state index is 12.7. The van der Waals surface area contributed by atoms with Crippen LogP contribution < -0.4 is 0 Å². The van der Waals surface area contributed by atoms with E-state index in [2.05, 4.69) is 73.8 Å². The van der Waals surface area contributed by atoms with Crippen LogP contribution in [0.1, 0.15) is 96.8 Å². The van der Waals surface area contributed by atoms with E-state index in [1.165, 1.54) is 24.8 Å². The Morgan fingerprint density at radius 2 is 1.41 bits per heavy atom. The number of hydrogen-bond acceptors (Lipinski definition) is 4. The van der Waals surface area contributed by atoms with Gasteiger partial charge in [0, 0.05) is 13.0 Å². The Labute approximate surface area is 229 Å². The van der Waals surface area contributed by atoms with Crippen molar-refractivity contribution < 1.29 is 18.4 Å². The minimum atomic E-state index is -1.94. The van der Waals surface area contributed by atoms with Crippen LogP contribution in [-0.4, -0.2) is 41.4 Å². The van der Waals surface area contributed by atoms with E-state index in [4.69, 9.17) is 13.6 Å². The SMILES string of the molecule is CC(C)(C)[Si](C)(C)OCCCCCCCC1=C[C@@H](OC(=O)c2ccccc2)CC1O[Si](C)(C)C(C)(C)C. The van der Waals surface area contributed by atoms with Crippen molar-refractivity contribution in [2.75, 3.05) is 6.61 Å². The molecule has 0 amide bonds. The van der Waals surface area contributed by atoms with Gasteiger partial charge >= 0.3 is 5.97 Å². The van der Waals surface area contributed by atoms with Gasteiger partial charge in [0.1, 0.15) is 6.10 Å². The van der Waals surface area contributed by atoms with Gasteiger partial charge in [-0.2, -0.15) is 0 Å².